The molecule has 126 valence electrons. The van der Waals surface area contributed by atoms with E-state index in [-0.39, 0.29) is 17.5 Å². The largest absolute Gasteiger partial charge is 0.331 e. The second kappa shape index (κ2) is 5.92. The molecular weight excluding hydrogens is 316 g/mol. The normalized spacial score (nSPS) is 21.8. The van der Waals surface area contributed by atoms with E-state index in [0.717, 1.165) is 32.4 Å². The molecule has 2 heterocycles. The first-order valence-corrected chi connectivity index (χ1v) is 9.63. The van der Waals surface area contributed by atoms with Gasteiger partial charge in [-0.1, -0.05) is 38.1 Å². The summed E-state index contributed by atoms with van der Waals surface area (Å²) in [6.45, 7) is 6.16. The van der Waals surface area contributed by atoms with E-state index in [2.05, 4.69) is 54.9 Å². The lowest BCUT2D eigenvalue weighted by Crippen LogP contribution is -2.45. The van der Waals surface area contributed by atoms with Crippen molar-refractivity contribution in [2.45, 2.75) is 51.1 Å². The highest BCUT2D eigenvalue weighted by Gasteiger charge is 2.33. The van der Waals surface area contributed by atoms with E-state index in [0.29, 0.717) is 0 Å². The lowest BCUT2D eigenvalue weighted by molar-refractivity contribution is 0.186. The van der Waals surface area contributed by atoms with Crippen molar-refractivity contribution in [3.63, 3.8) is 0 Å². The van der Waals surface area contributed by atoms with E-state index >= 15 is 0 Å². The van der Waals surface area contributed by atoms with Crippen molar-refractivity contribution >= 4 is 17.4 Å². The van der Waals surface area contributed by atoms with Crippen LogP contribution in [0.3, 0.4) is 0 Å². The fourth-order valence-corrected chi connectivity index (χ4v) is 4.91. The highest BCUT2D eigenvalue weighted by Crippen LogP contribution is 2.41. The van der Waals surface area contributed by atoms with Gasteiger partial charge in [-0.05, 0) is 52.8 Å². The monoisotopic (exact) mass is 340 g/mol. The molecule has 0 spiro atoms. The molecule has 3 nitrogen and oxygen atoms in total. The van der Waals surface area contributed by atoms with E-state index in [1.54, 1.807) is 11.3 Å². The zero-order valence-corrected chi connectivity index (χ0v) is 15.2. The predicted molar refractivity (Wildman–Crippen MR) is 98.4 cm³/mol. The summed E-state index contributed by atoms with van der Waals surface area (Å²) in [7, 11) is 0. The number of benzene rings is 1. The fraction of sp³-hybridized carbons (Fsp3) is 0.450. The number of hydrogen-bond donors (Lipinski definition) is 1. The van der Waals surface area contributed by atoms with Gasteiger partial charge in [0.2, 0.25) is 0 Å². The summed E-state index contributed by atoms with van der Waals surface area (Å²) in [6.07, 6.45) is 3.09. The smallest absolute Gasteiger partial charge is 0.318 e. The lowest BCUT2D eigenvalue weighted by Gasteiger charge is -2.38. The number of carbonyl (C=O) groups excluding carboxylic acids is 1. The minimum absolute atomic E-state index is 0.0753. The Morgan fingerprint density at radius 1 is 1.29 bits per heavy atom. The van der Waals surface area contributed by atoms with Crippen LogP contribution in [0, 0.1) is 0 Å². The molecular formula is C20H24N2OS. The van der Waals surface area contributed by atoms with Crippen LogP contribution in [0.1, 0.15) is 54.3 Å². The van der Waals surface area contributed by atoms with Gasteiger partial charge in [0.1, 0.15) is 0 Å². The highest BCUT2D eigenvalue weighted by molar-refractivity contribution is 7.10. The Morgan fingerprint density at radius 2 is 2.12 bits per heavy atom. The molecule has 2 aliphatic rings. The van der Waals surface area contributed by atoms with Gasteiger partial charge in [0.05, 0.1) is 6.04 Å². The number of fused-ring (bicyclic) bond motifs is 2. The molecule has 1 atom stereocenters. The second-order valence-corrected chi connectivity index (χ2v) is 8.55. The molecule has 1 aliphatic carbocycles. The molecule has 0 saturated heterocycles. The zero-order chi connectivity index (χ0) is 16.7. The van der Waals surface area contributed by atoms with Crippen molar-refractivity contribution in [3.8, 4) is 0 Å². The van der Waals surface area contributed by atoms with E-state index < -0.39 is 0 Å². The third kappa shape index (κ3) is 2.73. The number of thiophene rings is 1. The van der Waals surface area contributed by atoms with Crippen molar-refractivity contribution in [3.05, 3.63) is 57.3 Å². The summed E-state index contributed by atoms with van der Waals surface area (Å²) in [5, 5.41) is 5.43. The minimum atomic E-state index is 0.0753. The molecule has 0 fully saturated rings. The van der Waals surface area contributed by atoms with E-state index in [9.17, 15) is 4.79 Å². The van der Waals surface area contributed by atoms with Gasteiger partial charge in [-0.15, -0.1) is 11.3 Å². The van der Waals surface area contributed by atoms with Crippen molar-refractivity contribution in [2.24, 2.45) is 0 Å². The SMILES string of the molecule is CC1(C)CCC(NC(=O)N2CCc3sccc3C2)c2ccccc21. The van der Waals surface area contributed by atoms with Crippen LogP contribution in [-0.2, 0) is 18.4 Å². The van der Waals surface area contributed by atoms with Gasteiger partial charge in [0.15, 0.2) is 0 Å². The Labute approximate surface area is 147 Å². The molecule has 24 heavy (non-hydrogen) atoms. The number of nitrogens with zero attached hydrogens (tertiary/aromatic N) is 1. The predicted octanol–water partition coefficient (Wildman–Crippen LogP) is 4.63. The van der Waals surface area contributed by atoms with Gasteiger partial charge >= 0.3 is 6.03 Å². The molecule has 2 aromatic rings. The Morgan fingerprint density at radius 3 is 3.00 bits per heavy atom. The van der Waals surface area contributed by atoms with Gasteiger partial charge in [-0.25, -0.2) is 4.79 Å². The zero-order valence-electron chi connectivity index (χ0n) is 14.3. The van der Waals surface area contributed by atoms with Crippen molar-refractivity contribution < 1.29 is 4.79 Å². The van der Waals surface area contributed by atoms with Gasteiger partial charge < -0.3 is 10.2 Å². The van der Waals surface area contributed by atoms with Crippen LogP contribution >= 0.6 is 11.3 Å². The van der Waals surface area contributed by atoms with Crippen LogP contribution in [0.2, 0.25) is 0 Å². The number of hydrogen-bond acceptors (Lipinski definition) is 2. The van der Waals surface area contributed by atoms with E-state index in [1.807, 2.05) is 4.90 Å². The third-order valence-electron chi connectivity index (χ3n) is 5.52. The number of urea groups is 1. The summed E-state index contributed by atoms with van der Waals surface area (Å²) in [5.74, 6) is 0. The van der Waals surface area contributed by atoms with E-state index in [4.69, 9.17) is 0 Å². The maximum absolute atomic E-state index is 12.8. The Bertz CT molecular complexity index is 765. The number of rotatable bonds is 1. The van der Waals surface area contributed by atoms with Crippen LogP contribution in [0.25, 0.3) is 0 Å². The van der Waals surface area contributed by atoms with Gasteiger partial charge in [-0.3, -0.25) is 0 Å². The fourth-order valence-electron chi connectivity index (χ4n) is 4.02. The van der Waals surface area contributed by atoms with E-state index in [1.165, 1.54) is 21.6 Å². The summed E-state index contributed by atoms with van der Waals surface area (Å²) in [4.78, 5) is 16.2. The average Bonchev–Trinajstić information content (AvgIpc) is 3.05. The maximum atomic E-state index is 12.8. The summed E-state index contributed by atoms with van der Waals surface area (Å²) in [5.41, 5.74) is 4.16. The van der Waals surface area contributed by atoms with Crippen LogP contribution < -0.4 is 5.32 Å². The van der Waals surface area contributed by atoms with Gasteiger partial charge in [0, 0.05) is 18.0 Å². The lowest BCUT2D eigenvalue weighted by atomic mass is 9.71. The molecule has 1 unspecified atom stereocenters. The number of carbonyl (C=O) groups is 1. The first-order chi connectivity index (χ1) is 11.5. The van der Waals surface area contributed by atoms with Crippen molar-refractivity contribution in [2.75, 3.05) is 6.54 Å². The molecule has 4 rings (SSSR count). The second-order valence-electron chi connectivity index (χ2n) is 7.55. The molecule has 1 aliphatic heterocycles. The Kier molecular flexibility index (Phi) is 3.87. The van der Waals surface area contributed by atoms with Crippen LogP contribution in [-0.4, -0.2) is 17.5 Å². The highest BCUT2D eigenvalue weighted by atomic mass is 32.1. The van der Waals surface area contributed by atoms with Crippen molar-refractivity contribution in [1.82, 2.24) is 10.2 Å². The quantitative estimate of drug-likeness (QED) is 0.806. The molecule has 4 heteroatoms. The minimum Gasteiger partial charge on any atom is -0.331 e. The molecule has 1 aromatic heterocycles. The first-order valence-electron chi connectivity index (χ1n) is 8.75. The molecule has 2 amide bonds. The first kappa shape index (κ1) is 15.7. The molecule has 1 aromatic carbocycles. The molecule has 1 N–H and O–H groups in total. The van der Waals surface area contributed by atoms with Gasteiger partial charge in [0.25, 0.3) is 0 Å². The summed E-state index contributed by atoms with van der Waals surface area (Å²) in [6, 6.07) is 10.9. The van der Waals surface area contributed by atoms with Crippen LogP contribution in [0.15, 0.2) is 35.7 Å². The third-order valence-corrected chi connectivity index (χ3v) is 6.54. The Hall–Kier alpha value is -1.81. The van der Waals surface area contributed by atoms with Gasteiger partial charge in [-0.2, -0.15) is 0 Å². The maximum Gasteiger partial charge on any atom is 0.318 e. The number of amides is 2. The average molecular weight is 340 g/mol. The number of nitrogens with one attached hydrogen (secondary N) is 1. The topological polar surface area (TPSA) is 32.3 Å². The van der Waals surface area contributed by atoms with Crippen LogP contribution in [0.4, 0.5) is 4.79 Å². The molecule has 0 bridgehead atoms. The standard InChI is InChI=1S/C20H24N2OS/c1-20(2)10-7-17(15-5-3-4-6-16(15)20)21-19(23)22-11-8-18-14(13-22)9-12-24-18/h3-6,9,12,17H,7-8,10-11,13H2,1-2H3,(H,21,23). The summed E-state index contributed by atoms with van der Waals surface area (Å²) < 4.78 is 0. The van der Waals surface area contributed by atoms with Crippen LogP contribution in [0.5, 0.6) is 0 Å². The Balaban J connectivity index is 1.51. The molecule has 0 radical (unpaired) electrons. The molecule has 0 saturated carbocycles. The van der Waals surface area contributed by atoms with Crippen molar-refractivity contribution in [1.29, 1.82) is 0 Å². The summed E-state index contributed by atoms with van der Waals surface area (Å²) >= 11 is 1.81.